The fourth-order valence-electron chi connectivity index (χ4n) is 0.632. The van der Waals surface area contributed by atoms with Crippen molar-refractivity contribution in [3.63, 3.8) is 0 Å². The highest BCUT2D eigenvalue weighted by Gasteiger charge is 2.07. The summed E-state index contributed by atoms with van der Waals surface area (Å²) in [4.78, 5) is 12.7. The molecule has 0 spiro atoms. The van der Waals surface area contributed by atoms with Crippen LogP contribution in [0.3, 0.4) is 0 Å². The first-order valence-electron chi connectivity index (χ1n) is 3.56. The van der Waals surface area contributed by atoms with Crippen LogP contribution >= 0.6 is 0 Å². The van der Waals surface area contributed by atoms with E-state index in [9.17, 15) is 4.79 Å². The molecule has 0 aromatic carbocycles. The summed E-state index contributed by atoms with van der Waals surface area (Å²) in [5.74, 6) is 0.0806. The van der Waals surface area contributed by atoms with Gasteiger partial charge in [-0.25, -0.2) is 0 Å². The topological polar surface area (TPSA) is 29.5 Å². The quantitative estimate of drug-likeness (QED) is 0.544. The van der Waals surface area contributed by atoms with Crippen LogP contribution in [0.25, 0.3) is 0 Å². The van der Waals surface area contributed by atoms with Gasteiger partial charge < -0.3 is 9.64 Å². The predicted molar refractivity (Wildman–Crippen MR) is 43.8 cm³/mol. The van der Waals surface area contributed by atoms with E-state index < -0.39 is 0 Å². The minimum atomic E-state index is 0.0806. The average molecular weight is 157 g/mol. The maximum Gasteiger partial charge on any atom is 0.264 e. The zero-order valence-electron chi connectivity index (χ0n) is 7.17. The number of amides is 1. The molecule has 0 bridgehead atoms. The molecule has 0 atom stereocenters. The molecule has 0 aromatic rings. The number of nitrogens with zero attached hydrogens (tertiary/aromatic N) is 1. The van der Waals surface area contributed by atoms with Crippen LogP contribution < -0.4 is 0 Å². The molecule has 1 amide bonds. The monoisotopic (exact) mass is 157 g/mol. The van der Waals surface area contributed by atoms with Gasteiger partial charge >= 0.3 is 0 Å². The highest BCUT2D eigenvalue weighted by Crippen LogP contribution is 1.92. The highest BCUT2D eigenvalue weighted by molar-refractivity contribution is 5.76. The highest BCUT2D eigenvalue weighted by atomic mass is 16.5. The molecule has 0 saturated carbocycles. The Labute approximate surface area is 68.3 Å². The SMILES string of the molecule is [CH2-][CH+]CC(=O)N(C)CCOC. The largest absolute Gasteiger partial charge is 0.383 e. The standard InChI is InChI=1S/C8H15NO2/c1-4-5-8(10)9(2)6-7-11-3/h4H,1,5-7H2,2-3H3. The van der Waals surface area contributed by atoms with Gasteiger partial charge in [-0.2, -0.15) is 0 Å². The van der Waals surface area contributed by atoms with Crippen LogP contribution in [-0.2, 0) is 9.53 Å². The Morgan fingerprint density at radius 3 is 2.82 bits per heavy atom. The lowest BCUT2D eigenvalue weighted by Crippen LogP contribution is -2.29. The van der Waals surface area contributed by atoms with Gasteiger partial charge in [0, 0.05) is 20.7 Å². The molecular formula is C8H15NO2. The Morgan fingerprint density at radius 2 is 2.36 bits per heavy atom. The third-order valence-corrected chi connectivity index (χ3v) is 1.38. The van der Waals surface area contributed by atoms with Crippen LogP contribution in [0.15, 0.2) is 0 Å². The summed E-state index contributed by atoms with van der Waals surface area (Å²) in [7, 11) is 3.37. The van der Waals surface area contributed by atoms with Crippen molar-refractivity contribution in [3.05, 3.63) is 13.3 Å². The summed E-state index contributed by atoms with van der Waals surface area (Å²) in [6, 6.07) is 0. The predicted octanol–water partition coefficient (Wildman–Crippen LogP) is 0.520. The number of rotatable bonds is 5. The van der Waals surface area contributed by atoms with Gasteiger partial charge in [-0.15, -0.1) is 6.92 Å². The van der Waals surface area contributed by atoms with E-state index in [-0.39, 0.29) is 5.91 Å². The van der Waals surface area contributed by atoms with Gasteiger partial charge in [0.1, 0.15) is 6.42 Å². The number of ether oxygens (including phenoxy) is 1. The third-order valence-electron chi connectivity index (χ3n) is 1.38. The molecule has 3 heteroatoms. The molecule has 64 valence electrons. The van der Waals surface area contributed by atoms with Crippen LogP contribution in [0.5, 0.6) is 0 Å². The molecule has 0 radical (unpaired) electrons. The molecule has 11 heavy (non-hydrogen) atoms. The lowest BCUT2D eigenvalue weighted by atomic mass is 10.3. The number of hydrogen-bond acceptors (Lipinski definition) is 2. The summed E-state index contributed by atoms with van der Waals surface area (Å²) in [5, 5.41) is 0. The van der Waals surface area contributed by atoms with E-state index in [1.807, 2.05) is 0 Å². The van der Waals surface area contributed by atoms with Crippen LogP contribution in [0, 0.1) is 13.3 Å². The third kappa shape index (κ3) is 4.67. The first kappa shape index (κ1) is 10.3. The summed E-state index contributed by atoms with van der Waals surface area (Å²) in [6.07, 6.45) is 2.01. The smallest absolute Gasteiger partial charge is 0.264 e. The maximum absolute atomic E-state index is 11.0. The van der Waals surface area contributed by atoms with Crippen LogP contribution in [0.4, 0.5) is 0 Å². The Kier molecular flexibility index (Phi) is 5.65. The normalized spacial score (nSPS) is 9.36. The van der Waals surface area contributed by atoms with Gasteiger partial charge in [0.05, 0.1) is 6.61 Å². The van der Waals surface area contributed by atoms with E-state index in [4.69, 9.17) is 4.74 Å². The van der Waals surface area contributed by atoms with Gasteiger partial charge in [0.25, 0.3) is 5.91 Å². The molecule has 0 saturated heterocycles. The minimum absolute atomic E-state index is 0.0806. The number of carbonyl (C=O) groups excluding carboxylic acids is 1. The molecular weight excluding hydrogens is 142 g/mol. The van der Waals surface area contributed by atoms with Crippen molar-refractivity contribution < 1.29 is 9.53 Å². The molecule has 0 aliphatic carbocycles. The molecule has 0 heterocycles. The van der Waals surface area contributed by atoms with Gasteiger partial charge in [-0.1, -0.05) is 6.42 Å². The minimum Gasteiger partial charge on any atom is -0.383 e. The molecule has 0 N–H and O–H groups in total. The second-order valence-electron chi connectivity index (χ2n) is 2.30. The van der Waals surface area contributed by atoms with Crippen molar-refractivity contribution in [1.29, 1.82) is 0 Å². The van der Waals surface area contributed by atoms with Crippen molar-refractivity contribution in [2.24, 2.45) is 0 Å². The zero-order valence-corrected chi connectivity index (χ0v) is 7.17. The van der Waals surface area contributed by atoms with E-state index in [0.717, 1.165) is 0 Å². The molecule has 0 aliphatic heterocycles. The van der Waals surface area contributed by atoms with Crippen molar-refractivity contribution in [3.8, 4) is 0 Å². The molecule has 0 rings (SSSR count). The van der Waals surface area contributed by atoms with E-state index in [1.54, 1.807) is 25.5 Å². The first-order valence-corrected chi connectivity index (χ1v) is 3.56. The molecule has 3 nitrogen and oxygen atoms in total. The Hall–Kier alpha value is -0.700. The summed E-state index contributed by atoms with van der Waals surface area (Å²) < 4.78 is 4.82. The van der Waals surface area contributed by atoms with Gasteiger partial charge in [0.15, 0.2) is 0 Å². The molecule has 0 aromatic heterocycles. The number of likely N-dealkylation sites (N-methyl/N-ethyl adjacent to an activating group) is 1. The molecule has 0 aliphatic rings. The van der Waals surface area contributed by atoms with Crippen LogP contribution in [0.2, 0.25) is 0 Å². The van der Waals surface area contributed by atoms with Gasteiger partial charge in [-0.3, -0.25) is 4.79 Å². The van der Waals surface area contributed by atoms with Gasteiger partial charge in [-0.05, 0) is 0 Å². The number of hydrogen-bond donors (Lipinski definition) is 0. The van der Waals surface area contributed by atoms with Crippen LogP contribution in [0.1, 0.15) is 6.42 Å². The van der Waals surface area contributed by atoms with Crippen LogP contribution in [-0.4, -0.2) is 38.1 Å². The lowest BCUT2D eigenvalue weighted by Gasteiger charge is -2.14. The van der Waals surface area contributed by atoms with Crippen molar-refractivity contribution in [2.75, 3.05) is 27.3 Å². The van der Waals surface area contributed by atoms with Gasteiger partial charge in [0.2, 0.25) is 0 Å². The Morgan fingerprint density at radius 1 is 1.73 bits per heavy atom. The van der Waals surface area contributed by atoms with E-state index in [0.29, 0.717) is 19.6 Å². The van der Waals surface area contributed by atoms with E-state index >= 15 is 0 Å². The van der Waals surface area contributed by atoms with E-state index in [2.05, 4.69) is 6.92 Å². The fraction of sp³-hybridized carbons (Fsp3) is 0.625. The van der Waals surface area contributed by atoms with E-state index in [1.165, 1.54) is 0 Å². The molecule has 0 fully saturated rings. The summed E-state index contributed by atoms with van der Waals surface area (Å²) >= 11 is 0. The number of methoxy groups -OCH3 is 1. The lowest BCUT2D eigenvalue weighted by molar-refractivity contribution is -0.129. The fourth-order valence-corrected chi connectivity index (χ4v) is 0.632. The maximum atomic E-state index is 11.0. The number of carbonyl (C=O) groups is 1. The average Bonchev–Trinajstić information content (AvgIpc) is 2.00. The van der Waals surface area contributed by atoms with Crippen molar-refractivity contribution >= 4 is 5.91 Å². The second-order valence-corrected chi connectivity index (χ2v) is 2.30. The Bertz CT molecular complexity index is 115. The Balaban J connectivity index is 3.46. The molecule has 0 unspecified atom stereocenters. The summed E-state index contributed by atoms with van der Waals surface area (Å²) in [6.45, 7) is 4.71. The van der Waals surface area contributed by atoms with Crippen molar-refractivity contribution in [1.82, 2.24) is 4.90 Å². The summed E-state index contributed by atoms with van der Waals surface area (Å²) in [5.41, 5.74) is 0. The van der Waals surface area contributed by atoms with Crippen molar-refractivity contribution in [2.45, 2.75) is 6.42 Å². The first-order chi connectivity index (χ1) is 5.22. The second kappa shape index (κ2) is 6.04. The zero-order chi connectivity index (χ0) is 8.69.